The molecule has 0 amide bonds. The zero-order valence-corrected chi connectivity index (χ0v) is 6.77. The third-order valence-electron chi connectivity index (χ3n) is 1.47. The molecule has 0 radical (unpaired) electrons. The van der Waals surface area contributed by atoms with Gasteiger partial charge in [-0.2, -0.15) is 0 Å². The lowest BCUT2D eigenvalue weighted by atomic mass is 10.3. The van der Waals surface area contributed by atoms with Crippen LogP contribution in [0.2, 0.25) is 0 Å². The van der Waals surface area contributed by atoms with Crippen LogP contribution in [0.5, 0.6) is 0 Å². The van der Waals surface area contributed by atoms with Crippen LogP contribution in [0.1, 0.15) is 13.8 Å². The molecule has 1 unspecified atom stereocenters. The Morgan fingerprint density at radius 3 is 2.64 bits per heavy atom. The summed E-state index contributed by atoms with van der Waals surface area (Å²) in [4.78, 5) is 0.136. The molecule has 66 valence electrons. The second-order valence-corrected chi connectivity index (χ2v) is 2.18. The van der Waals surface area contributed by atoms with Crippen LogP contribution in [0.25, 0.3) is 0 Å². The Labute approximate surface area is 65.4 Å². The van der Waals surface area contributed by atoms with Gasteiger partial charge in [0.05, 0.1) is 17.6 Å². The van der Waals surface area contributed by atoms with Crippen LogP contribution in [-0.2, 0) is 0 Å². The van der Waals surface area contributed by atoms with Gasteiger partial charge < -0.3 is 16.1 Å². The summed E-state index contributed by atoms with van der Waals surface area (Å²) in [5.74, 6) is 0. The molecule has 0 bridgehead atoms. The first-order chi connectivity index (χ1) is 5.17. The fourth-order valence-corrected chi connectivity index (χ4v) is 0.774. The maximum absolute atomic E-state index is 10.7. The van der Waals surface area contributed by atoms with Crippen molar-refractivity contribution in [2.24, 2.45) is 11.0 Å². The lowest BCUT2D eigenvalue weighted by molar-refractivity contribution is -0.715. The van der Waals surface area contributed by atoms with E-state index in [4.69, 9.17) is 10.9 Å². The number of nitrogens with zero attached hydrogens (tertiary/aromatic N) is 3. The minimum absolute atomic E-state index is 0.117. The van der Waals surface area contributed by atoms with Crippen molar-refractivity contribution in [1.82, 2.24) is 5.01 Å². The second-order valence-electron chi connectivity index (χ2n) is 2.18. The van der Waals surface area contributed by atoms with Gasteiger partial charge in [-0.15, -0.1) is 5.01 Å². The zero-order valence-electron chi connectivity index (χ0n) is 6.77. The first-order valence-electron chi connectivity index (χ1n) is 3.46. The molecule has 0 saturated heterocycles. The van der Waals surface area contributed by atoms with Crippen molar-refractivity contribution in [2.45, 2.75) is 19.9 Å². The van der Waals surface area contributed by atoms with Crippen LogP contribution < -0.4 is 5.73 Å². The summed E-state index contributed by atoms with van der Waals surface area (Å²) in [6.45, 7) is 4.37. The van der Waals surface area contributed by atoms with E-state index in [0.29, 0.717) is 13.1 Å². The van der Waals surface area contributed by atoms with Crippen molar-refractivity contribution in [3.8, 4) is 0 Å². The average molecular weight is 162 g/mol. The number of hydrogen-bond acceptors (Lipinski definition) is 3. The van der Waals surface area contributed by atoms with Crippen LogP contribution in [-0.4, -0.2) is 34.3 Å². The van der Waals surface area contributed by atoms with E-state index in [0.717, 1.165) is 0 Å². The summed E-state index contributed by atoms with van der Waals surface area (Å²) in [5, 5.41) is 22.6. The van der Waals surface area contributed by atoms with Gasteiger partial charge in [-0.1, -0.05) is 0 Å². The lowest BCUT2D eigenvalue weighted by Gasteiger charge is -2.20. The van der Waals surface area contributed by atoms with E-state index in [-0.39, 0.29) is 11.0 Å². The third kappa shape index (κ3) is 2.58. The summed E-state index contributed by atoms with van der Waals surface area (Å²) < 4.78 is 0. The van der Waals surface area contributed by atoms with Gasteiger partial charge in [-0.3, -0.25) is 0 Å². The number of hydrogen-bond donors (Lipinski definition) is 2. The van der Waals surface area contributed by atoms with Crippen molar-refractivity contribution in [2.75, 3.05) is 13.1 Å². The molecule has 6 nitrogen and oxygen atoms in total. The first kappa shape index (κ1) is 9.96. The van der Waals surface area contributed by atoms with Crippen LogP contribution in [0.15, 0.2) is 5.28 Å². The summed E-state index contributed by atoms with van der Waals surface area (Å²) in [5.41, 5.74) is 5.31. The average Bonchev–Trinajstić information content (AvgIpc) is 2.05. The maximum Gasteiger partial charge on any atom is 0.230 e. The van der Waals surface area contributed by atoms with Gasteiger partial charge >= 0.3 is 0 Å². The van der Waals surface area contributed by atoms with Gasteiger partial charge in [0.1, 0.15) is 0 Å². The third-order valence-corrected chi connectivity index (χ3v) is 1.47. The van der Waals surface area contributed by atoms with E-state index in [2.05, 4.69) is 5.28 Å². The fourth-order valence-electron chi connectivity index (χ4n) is 0.774. The quantitative estimate of drug-likeness (QED) is 0.344. The van der Waals surface area contributed by atoms with Crippen LogP contribution >= 0.6 is 0 Å². The van der Waals surface area contributed by atoms with Gasteiger partial charge in [0.25, 0.3) is 0 Å². The molecule has 0 aliphatic rings. The highest BCUT2D eigenvalue weighted by Crippen LogP contribution is 1.96. The molecule has 11 heavy (non-hydrogen) atoms. The molecular weight excluding hydrogens is 148 g/mol. The SMILES string of the molecule is CCN(C(C)CN)[N+]([O-])=NO. The zero-order chi connectivity index (χ0) is 8.85. The van der Waals surface area contributed by atoms with E-state index in [1.807, 2.05) is 0 Å². The minimum Gasteiger partial charge on any atom is -0.569 e. The maximum atomic E-state index is 10.7. The predicted octanol–water partition coefficient (Wildman–Crippen LogP) is -0.0778. The van der Waals surface area contributed by atoms with Crippen molar-refractivity contribution in [1.29, 1.82) is 0 Å². The molecule has 0 spiro atoms. The molecule has 0 heterocycles. The van der Waals surface area contributed by atoms with Gasteiger partial charge in [0.2, 0.25) is 5.28 Å². The number of hydrazine groups is 1. The molecular formula is C5H14N4O2. The predicted molar refractivity (Wildman–Crippen MR) is 38.7 cm³/mol. The summed E-state index contributed by atoms with van der Waals surface area (Å²) in [6.07, 6.45) is 0. The van der Waals surface area contributed by atoms with E-state index >= 15 is 0 Å². The molecule has 0 rings (SSSR count). The van der Waals surface area contributed by atoms with Crippen LogP contribution in [0.3, 0.4) is 0 Å². The largest absolute Gasteiger partial charge is 0.569 e. The second kappa shape index (κ2) is 4.73. The van der Waals surface area contributed by atoms with Crippen molar-refractivity contribution < 1.29 is 10.2 Å². The topological polar surface area (TPSA) is 87.9 Å². The molecule has 0 aromatic carbocycles. The van der Waals surface area contributed by atoms with E-state index in [1.165, 1.54) is 5.01 Å². The van der Waals surface area contributed by atoms with Gasteiger partial charge in [-0.05, 0) is 13.8 Å². The molecule has 0 aliphatic carbocycles. The molecule has 0 fully saturated rings. The minimum atomic E-state index is -0.117. The summed E-state index contributed by atoms with van der Waals surface area (Å²) in [6, 6.07) is -0.117. The lowest BCUT2D eigenvalue weighted by Crippen LogP contribution is -2.42. The monoisotopic (exact) mass is 162 g/mol. The Kier molecular flexibility index (Phi) is 4.28. The smallest absolute Gasteiger partial charge is 0.230 e. The highest BCUT2D eigenvalue weighted by molar-refractivity contribution is 4.56. The van der Waals surface area contributed by atoms with Crippen LogP contribution in [0, 0.1) is 5.21 Å². The van der Waals surface area contributed by atoms with Crippen LogP contribution in [0.4, 0.5) is 0 Å². The highest BCUT2D eigenvalue weighted by Gasteiger charge is 2.16. The molecule has 0 aliphatic heterocycles. The Morgan fingerprint density at radius 2 is 2.36 bits per heavy atom. The highest BCUT2D eigenvalue weighted by atomic mass is 16.6. The van der Waals surface area contributed by atoms with E-state index in [1.54, 1.807) is 13.8 Å². The van der Waals surface area contributed by atoms with Crippen molar-refractivity contribution >= 4 is 0 Å². The molecule has 1 atom stereocenters. The Balaban J connectivity index is 4.15. The van der Waals surface area contributed by atoms with Crippen molar-refractivity contribution in [3.63, 3.8) is 0 Å². The van der Waals surface area contributed by atoms with E-state index < -0.39 is 0 Å². The standard InChI is InChI=1S/C5H14N4O2/c1-3-8(5(2)4-6)9(11)7-10/h5,10H,3-4,6H2,1-2H3. The first-order valence-corrected chi connectivity index (χ1v) is 3.46. The molecule has 3 N–H and O–H groups in total. The summed E-state index contributed by atoms with van der Waals surface area (Å²) >= 11 is 0. The number of rotatable bonds is 4. The van der Waals surface area contributed by atoms with Gasteiger partial charge in [0, 0.05) is 6.54 Å². The Morgan fingerprint density at radius 1 is 1.82 bits per heavy atom. The molecule has 0 aromatic heterocycles. The Bertz CT molecular complexity index is 138. The van der Waals surface area contributed by atoms with Gasteiger partial charge in [-0.25, -0.2) is 0 Å². The van der Waals surface area contributed by atoms with Gasteiger partial charge in [0.15, 0.2) is 0 Å². The number of nitrogens with two attached hydrogens (primary N) is 1. The molecule has 6 heteroatoms. The Hall–Kier alpha value is -1.04. The van der Waals surface area contributed by atoms with Crippen molar-refractivity contribution in [3.05, 3.63) is 5.21 Å². The molecule has 0 aromatic rings. The number of likely N-dealkylation sites (N-methyl/N-ethyl adjacent to an activating group) is 1. The summed E-state index contributed by atoms with van der Waals surface area (Å²) in [7, 11) is 0. The fraction of sp³-hybridized carbons (Fsp3) is 1.00. The van der Waals surface area contributed by atoms with E-state index in [9.17, 15) is 5.21 Å². The molecule has 0 saturated carbocycles. The normalized spacial score (nSPS) is 14.6.